The first-order valence-corrected chi connectivity index (χ1v) is 5.94. The Morgan fingerprint density at radius 2 is 2.00 bits per heavy atom. The third-order valence-electron chi connectivity index (χ3n) is 3.33. The fourth-order valence-electron chi connectivity index (χ4n) is 2.49. The molecule has 1 rings (SSSR count). The van der Waals surface area contributed by atoms with Crippen LogP contribution in [0.5, 0.6) is 0 Å². The van der Waals surface area contributed by atoms with Crippen molar-refractivity contribution in [3.63, 3.8) is 0 Å². The van der Waals surface area contributed by atoms with Gasteiger partial charge in [-0.2, -0.15) is 5.26 Å². The molecule has 0 aromatic rings. The Morgan fingerprint density at radius 1 is 1.41 bits per heavy atom. The highest BCUT2D eigenvalue weighted by Crippen LogP contribution is 2.42. The van der Waals surface area contributed by atoms with Gasteiger partial charge in [-0.25, -0.2) is 0 Å². The Kier molecular flexibility index (Phi) is 4.50. The first-order valence-electron chi connectivity index (χ1n) is 5.94. The van der Waals surface area contributed by atoms with Gasteiger partial charge in [-0.1, -0.05) is 19.3 Å². The van der Waals surface area contributed by atoms with Gasteiger partial charge in [0.2, 0.25) is 5.91 Å². The maximum atomic E-state index is 11.8. The molecule has 1 aliphatic carbocycles. The van der Waals surface area contributed by atoms with Crippen LogP contribution in [0.3, 0.4) is 0 Å². The van der Waals surface area contributed by atoms with Gasteiger partial charge < -0.3 is 10.5 Å². The van der Waals surface area contributed by atoms with Crippen molar-refractivity contribution < 1.29 is 14.3 Å². The maximum absolute atomic E-state index is 11.8. The highest BCUT2D eigenvalue weighted by molar-refractivity contribution is 5.98. The van der Waals surface area contributed by atoms with Gasteiger partial charge in [-0.15, -0.1) is 0 Å². The lowest BCUT2D eigenvalue weighted by molar-refractivity contribution is -0.156. The second-order valence-corrected chi connectivity index (χ2v) is 4.42. The number of nitriles is 1. The van der Waals surface area contributed by atoms with E-state index in [-0.39, 0.29) is 6.61 Å². The molecule has 1 unspecified atom stereocenters. The number of primary amides is 1. The molecule has 2 N–H and O–H groups in total. The lowest BCUT2D eigenvalue weighted by Crippen LogP contribution is -2.45. The van der Waals surface area contributed by atoms with E-state index in [1.54, 1.807) is 6.92 Å². The fraction of sp³-hybridized carbons (Fsp3) is 0.750. The molecule has 5 nitrogen and oxygen atoms in total. The zero-order valence-electron chi connectivity index (χ0n) is 10.1. The summed E-state index contributed by atoms with van der Waals surface area (Å²) in [5.41, 5.74) is 4.31. The van der Waals surface area contributed by atoms with Crippen molar-refractivity contribution in [3.8, 4) is 6.07 Å². The molecule has 17 heavy (non-hydrogen) atoms. The summed E-state index contributed by atoms with van der Waals surface area (Å²) >= 11 is 0. The first kappa shape index (κ1) is 13.5. The third-order valence-corrected chi connectivity index (χ3v) is 3.33. The number of nitrogens with zero attached hydrogens (tertiary/aromatic N) is 1. The molecule has 0 radical (unpaired) electrons. The summed E-state index contributed by atoms with van der Waals surface area (Å²) in [6, 6.07) is 2.14. The van der Waals surface area contributed by atoms with Crippen LogP contribution in [-0.2, 0) is 14.3 Å². The molecule has 1 amide bonds. The van der Waals surface area contributed by atoms with E-state index in [0.29, 0.717) is 12.8 Å². The number of carbonyl (C=O) groups excluding carboxylic acids is 2. The van der Waals surface area contributed by atoms with Gasteiger partial charge in [0.15, 0.2) is 5.92 Å². The molecule has 0 aliphatic heterocycles. The van der Waals surface area contributed by atoms with Crippen molar-refractivity contribution in [1.29, 1.82) is 5.26 Å². The molecule has 1 aliphatic rings. The number of rotatable bonds is 4. The van der Waals surface area contributed by atoms with E-state index in [4.69, 9.17) is 10.5 Å². The minimum Gasteiger partial charge on any atom is -0.465 e. The summed E-state index contributed by atoms with van der Waals surface area (Å²) in [5.74, 6) is -2.55. The lowest BCUT2D eigenvalue weighted by Gasteiger charge is -2.34. The van der Waals surface area contributed by atoms with Crippen LogP contribution < -0.4 is 5.73 Å². The number of hydrogen-bond acceptors (Lipinski definition) is 4. The van der Waals surface area contributed by atoms with Gasteiger partial charge in [0.1, 0.15) is 0 Å². The van der Waals surface area contributed by atoms with Gasteiger partial charge in [0.25, 0.3) is 0 Å². The second-order valence-electron chi connectivity index (χ2n) is 4.42. The molecular weight excluding hydrogens is 220 g/mol. The average molecular weight is 238 g/mol. The van der Waals surface area contributed by atoms with Gasteiger partial charge in [-0.05, 0) is 19.8 Å². The molecule has 0 aromatic carbocycles. The number of amides is 1. The summed E-state index contributed by atoms with van der Waals surface area (Å²) in [4.78, 5) is 23.2. The minimum absolute atomic E-state index is 0.185. The van der Waals surface area contributed by atoms with Crippen LogP contribution in [0.2, 0.25) is 0 Å². The Hall–Kier alpha value is -1.57. The zero-order valence-corrected chi connectivity index (χ0v) is 10.1. The Morgan fingerprint density at radius 3 is 2.41 bits per heavy atom. The quantitative estimate of drug-likeness (QED) is 0.586. The monoisotopic (exact) mass is 238 g/mol. The second kappa shape index (κ2) is 5.67. The summed E-state index contributed by atoms with van der Waals surface area (Å²) in [7, 11) is 0. The van der Waals surface area contributed by atoms with Crippen molar-refractivity contribution in [2.75, 3.05) is 6.61 Å². The zero-order chi connectivity index (χ0) is 12.9. The molecule has 1 saturated carbocycles. The van der Waals surface area contributed by atoms with Crippen LogP contribution in [0, 0.1) is 22.7 Å². The van der Waals surface area contributed by atoms with Crippen molar-refractivity contribution >= 4 is 11.9 Å². The van der Waals surface area contributed by atoms with E-state index >= 15 is 0 Å². The van der Waals surface area contributed by atoms with Crippen LogP contribution >= 0.6 is 0 Å². The van der Waals surface area contributed by atoms with Gasteiger partial charge >= 0.3 is 5.97 Å². The molecular formula is C12H18N2O3. The van der Waals surface area contributed by atoms with Gasteiger partial charge in [-0.3, -0.25) is 9.59 Å². The Balaban J connectivity index is 2.99. The van der Waals surface area contributed by atoms with E-state index in [1.807, 2.05) is 0 Å². The molecule has 1 fully saturated rings. The molecule has 0 spiro atoms. The highest BCUT2D eigenvalue weighted by Gasteiger charge is 2.48. The number of esters is 1. The highest BCUT2D eigenvalue weighted by atomic mass is 16.5. The lowest BCUT2D eigenvalue weighted by atomic mass is 9.66. The van der Waals surface area contributed by atoms with Crippen molar-refractivity contribution in [3.05, 3.63) is 0 Å². The van der Waals surface area contributed by atoms with Gasteiger partial charge in [0.05, 0.1) is 18.1 Å². The third kappa shape index (κ3) is 2.76. The van der Waals surface area contributed by atoms with E-state index < -0.39 is 23.2 Å². The first-order chi connectivity index (χ1) is 8.07. The fourth-order valence-corrected chi connectivity index (χ4v) is 2.49. The SMILES string of the molecule is CCOC(=O)C(C(N)=O)C1(C#N)CCCCC1. The number of nitrogens with two attached hydrogens (primary N) is 1. The summed E-state index contributed by atoms with van der Waals surface area (Å²) < 4.78 is 4.85. The van der Waals surface area contributed by atoms with Crippen LogP contribution in [0.15, 0.2) is 0 Å². The Labute approximate surface area is 101 Å². The molecule has 0 heterocycles. The number of ether oxygens (including phenoxy) is 1. The van der Waals surface area contributed by atoms with Gasteiger partial charge in [0, 0.05) is 0 Å². The van der Waals surface area contributed by atoms with Crippen molar-refractivity contribution in [2.24, 2.45) is 17.1 Å². The van der Waals surface area contributed by atoms with Crippen molar-refractivity contribution in [1.82, 2.24) is 0 Å². The average Bonchev–Trinajstić information content (AvgIpc) is 2.30. The predicted molar refractivity (Wildman–Crippen MR) is 60.4 cm³/mol. The van der Waals surface area contributed by atoms with E-state index in [1.165, 1.54) is 0 Å². The standard InChI is InChI=1S/C12H18N2O3/c1-2-17-11(16)9(10(14)15)12(8-13)6-4-3-5-7-12/h9H,2-7H2,1H3,(H2,14,15). The smallest absolute Gasteiger partial charge is 0.320 e. The van der Waals surface area contributed by atoms with Crippen LogP contribution in [-0.4, -0.2) is 18.5 Å². The molecule has 1 atom stereocenters. The maximum Gasteiger partial charge on any atom is 0.320 e. The Bertz CT molecular complexity index is 340. The number of carbonyl (C=O) groups is 2. The number of hydrogen-bond donors (Lipinski definition) is 1. The van der Waals surface area contributed by atoms with Crippen molar-refractivity contribution in [2.45, 2.75) is 39.0 Å². The minimum atomic E-state index is -1.13. The van der Waals surface area contributed by atoms with E-state index in [9.17, 15) is 14.9 Å². The van der Waals surface area contributed by atoms with E-state index in [0.717, 1.165) is 19.3 Å². The van der Waals surface area contributed by atoms with E-state index in [2.05, 4.69) is 6.07 Å². The molecule has 94 valence electrons. The summed E-state index contributed by atoms with van der Waals surface area (Å²) in [5, 5.41) is 9.31. The van der Waals surface area contributed by atoms with Crippen LogP contribution in [0.25, 0.3) is 0 Å². The summed E-state index contributed by atoms with van der Waals surface area (Å²) in [6.45, 7) is 1.85. The predicted octanol–water partition coefficient (Wildman–Crippen LogP) is 1.13. The molecule has 0 bridgehead atoms. The topological polar surface area (TPSA) is 93.2 Å². The summed E-state index contributed by atoms with van der Waals surface area (Å²) in [6.07, 6.45) is 3.79. The largest absolute Gasteiger partial charge is 0.465 e. The normalized spacial score (nSPS) is 20.0. The van der Waals surface area contributed by atoms with Crippen LogP contribution in [0.4, 0.5) is 0 Å². The van der Waals surface area contributed by atoms with Crippen LogP contribution in [0.1, 0.15) is 39.0 Å². The molecule has 0 aromatic heterocycles. The molecule has 5 heteroatoms. The molecule has 0 saturated heterocycles.